The summed E-state index contributed by atoms with van der Waals surface area (Å²) in [4.78, 5) is 17.0. The van der Waals surface area contributed by atoms with Crippen LogP contribution in [0.2, 0.25) is 0 Å². The number of rotatable bonds is 7. The van der Waals surface area contributed by atoms with Gasteiger partial charge in [0, 0.05) is 0 Å². The highest BCUT2D eigenvalue weighted by molar-refractivity contribution is 7.99. The molecule has 0 saturated heterocycles. The quantitative estimate of drug-likeness (QED) is 0.190. The molecular weight excluding hydrogens is 252 g/mol. The molecule has 0 amide bonds. The normalized spacial score (nSPS) is 13.2. The number of halogens is 1. The predicted molar refractivity (Wildman–Crippen MR) is 68.7 cm³/mol. The fraction of sp³-hybridized carbons (Fsp3) is 0.500. The zero-order valence-corrected chi connectivity index (χ0v) is 10.4. The van der Waals surface area contributed by atoms with Crippen LogP contribution in [-0.4, -0.2) is 29.1 Å². The van der Waals surface area contributed by atoms with Gasteiger partial charge in [0.05, 0.1) is 10.8 Å². The fourth-order valence-electron chi connectivity index (χ4n) is 0.748. The molecule has 0 aliphatic rings. The highest BCUT2D eigenvalue weighted by Gasteiger charge is 2.21. The molecule has 0 aromatic rings. The van der Waals surface area contributed by atoms with Gasteiger partial charge < -0.3 is 5.73 Å². The summed E-state index contributed by atoms with van der Waals surface area (Å²) < 4.78 is 0. The third kappa shape index (κ3) is 5.13. The fourth-order valence-corrected chi connectivity index (χ4v) is 1.56. The maximum Gasteiger partial charge on any atom is 0.347 e. The minimum atomic E-state index is -0.722. The first-order valence-electron chi connectivity index (χ1n) is 4.43. The Morgan fingerprint density at radius 1 is 1.69 bits per heavy atom. The van der Waals surface area contributed by atoms with E-state index in [4.69, 9.17) is 17.3 Å². The van der Waals surface area contributed by atoms with Gasteiger partial charge in [-0.15, -0.1) is 11.8 Å². The van der Waals surface area contributed by atoms with E-state index in [1.165, 1.54) is 11.8 Å². The van der Waals surface area contributed by atoms with Crippen molar-refractivity contribution in [1.82, 2.24) is 0 Å². The monoisotopic (exact) mass is 264 g/mol. The SMILES string of the molecule is C=N/C(Cl)=C(\C(N)=N/CSCCC)[N+](=O)[O-]. The van der Waals surface area contributed by atoms with Crippen molar-refractivity contribution in [3.05, 3.63) is 21.0 Å². The topological polar surface area (TPSA) is 93.9 Å². The lowest BCUT2D eigenvalue weighted by Crippen LogP contribution is -2.21. The summed E-state index contributed by atoms with van der Waals surface area (Å²) >= 11 is 7.03. The molecule has 0 aromatic heterocycles. The van der Waals surface area contributed by atoms with Crippen LogP contribution < -0.4 is 5.73 Å². The van der Waals surface area contributed by atoms with E-state index in [0.717, 1.165) is 12.2 Å². The van der Waals surface area contributed by atoms with E-state index in [0.29, 0.717) is 5.88 Å². The highest BCUT2D eigenvalue weighted by Crippen LogP contribution is 2.12. The number of nitrogens with zero attached hydrogens (tertiary/aromatic N) is 3. The van der Waals surface area contributed by atoms with Gasteiger partial charge in [0.15, 0.2) is 0 Å². The van der Waals surface area contributed by atoms with Crippen molar-refractivity contribution in [3.8, 4) is 0 Å². The van der Waals surface area contributed by atoms with Gasteiger partial charge in [0.1, 0.15) is 0 Å². The first-order chi connectivity index (χ1) is 7.54. The van der Waals surface area contributed by atoms with Crippen LogP contribution in [0.3, 0.4) is 0 Å². The Hall–Kier alpha value is -1.08. The van der Waals surface area contributed by atoms with Crippen molar-refractivity contribution >= 4 is 35.9 Å². The molecule has 0 saturated carbocycles. The van der Waals surface area contributed by atoms with Crippen LogP contribution in [-0.2, 0) is 0 Å². The van der Waals surface area contributed by atoms with E-state index in [1.807, 2.05) is 6.92 Å². The van der Waals surface area contributed by atoms with E-state index < -0.39 is 10.6 Å². The largest absolute Gasteiger partial charge is 0.378 e. The molecule has 0 fully saturated rings. The van der Waals surface area contributed by atoms with E-state index in [2.05, 4.69) is 16.7 Å². The van der Waals surface area contributed by atoms with Gasteiger partial charge in [-0.1, -0.05) is 18.5 Å². The van der Waals surface area contributed by atoms with E-state index in [-0.39, 0.29) is 11.0 Å². The molecule has 0 aliphatic carbocycles. The average molecular weight is 265 g/mol. The van der Waals surface area contributed by atoms with Crippen LogP contribution >= 0.6 is 23.4 Å². The molecule has 6 nitrogen and oxygen atoms in total. The Bertz CT molecular complexity index is 330. The number of thioether (sulfide) groups is 1. The third-order valence-corrected chi connectivity index (χ3v) is 2.74. The summed E-state index contributed by atoms with van der Waals surface area (Å²) in [5, 5.41) is 10.3. The molecule has 0 spiro atoms. The Morgan fingerprint density at radius 3 is 2.75 bits per heavy atom. The molecule has 90 valence electrons. The molecule has 0 unspecified atom stereocenters. The second-order valence-corrected chi connectivity index (χ2v) is 4.07. The number of hydrogen-bond acceptors (Lipinski definition) is 5. The van der Waals surface area contributed by atoms with E-state index >= 15 is 0 Å². The number of amidine groups is 1. The maximum atomic E-state index is 10.6. The first kappa shape index (κ1) is 14.9. The minimum absolute atomic E-state index is 0.231. The van der Waals surface area contributed by atoms with Gasteiger partial charge in [-0.05, 0) is 18.9 Å². The number of nitrogens with two attached hydrogens (primary N) is 1. The Balaban J connectivity index is 4.70. The lowest BCUT2D eigenvalue weighted by Gasteiger charge is -1.99. The van der Waals surface area contributed by atoms with Gasteiger partial charge >= 0.3 is 5.70 Å². The summed E-state index contributed by atoms with van der Waals surface area (Å²) in [5.74, 6) is 1.05. The van der Waals surface area contributed by atoms with Gasteiger partial charge in [0.2, 0.25) is 11.0 Å². The summed E-state index contributed by atoms with van der Waals surface area (Å²) in [5.41, 5.74) is 4.94. The number of nitro groups is 1. The summed E-state index contributed by atoms with van der Waals surface area (Å²) in [6.45, 7) is 5.12. The Kier molecular flexibility index (Phi) is 7.57. The molecule has 0 radical (unpaired) electrons. The second kappa shape index (κ2) is 8.12. The highest BCUT2D eigenvalue weighted by atomic mass is 35.5. The van der Waals surface area contributed by atoms with Gasteiger partial charge in [-0.25, -0.2) is 4.99 Å². The molecule has 0 bridgehead atoms. The van der Waals surface area contributed by atoms with Crippen molar-refractivity contribution in [2.75, 3.05) is 11.6 Å². The lowest BCUT2D eigenvalue weighted by molar-refractivity contribution is -0.415. The zero-order chi connectivity index (χ0) is 12.6. The Labute approximate surface area is 103 Å². The van der Waals surface area contributed by atoms with Crippen LogP contribution in [0.1, 0.15) is 13.3 Å². The third-order valence-electron chi connectivity index (χ3n) is 1.43. The minimum Gasteiger partial charge on any atom is -0.378 e. The average Bonchev–Trinajstić information content (AvgIpc) is 2.23. The first-order valence-corrected chi connectivity index (χ1v) is 5.96. The molecular formula is C8H13ClN4O2S. The molecule has 0 heterocycles. The predicted octanol–water partition coefficient (Wildman–Crippen LogP) is 1.83. The van der Waals surface area contributed by atoms with Crippen LogP contribution in [0.15, 0.2) is 20.8 Å². The molecule has 0 aliphatic heterocycles. The van der Waals surface area contributed by atoms with Crippen LogP contribution in [0.25, 0.3) is 0 Å². The van der Waals surface area contributed by atoms with Crippen molar-refractivity contribution in [2.45, 2.75) is 13.3 Å². The lowest BCUT2D eigenvalue weighted by atomic mass is 10.4. The Morgan fingerprint density at radius 2 is 2.31 bits per heavy atom. The van der Waals surface area contributed by atoms with Crippen molar-refractivity contribution in [2.24, 2.45) is 15.7 Å². The summed E-state index contributed by atoms with van der Waals surface area (Å²) in [6, 6.07) is 0. The summed E-state index contributed by atoms with van der Waals surface area (Å²) in [6.07, 6.45) is 1.01. The molecule has 2 N–H and O–H groups in total. The second-order valence-electron chi connectivity index (χ2n) is 2.64. The van der Waals surface area contributed by atoms with Gasteiger partial charge in [0.25, 0.3) is 0 Å². The molecule has 0 rings (SSSR count). The number of aliphatic imine (C=N–C) groups is 2. The van der Waals surface area contributed by atoms with E-state index in [9.17, 15) is 10.1 Å². The van der Waals surface area contributed by atoms with Gasteiger partial charge in [-0.3, -0.25) is 15.1 Å². The van der Waals surface area contributed by atoms with Crippen LogP contribution in [0.4, 0.5) is 0 Å². The number of hydrogen-bond donors (Lipinski definition) is 1. The summed E-state index contributed by atoms with van der Waals surface area (Å²) in [7, 11) is 0. The standard InChI is InChI=1S/C8H13ClN4O2S/c1-3-4-16-5-12-8(10)6(13(14)15)7(9)11-2/h2-5H2,1H3,(H2,10,12)/b7-6+. The maximum absolute atomic E-state index is 10.6. The van der Waals surface area contributed by atoms with Crippen molar-refractivity contribution < 1.29 is 4.92 Å². The molecule has 16 heavy (non-hydrogen) atoms. The van der Waals surface area contributed by atoms with Crippen molar-refractivity contribution in [1.29, 1.82) is 0 Å². The zero-order valence-electron chi connectivity index (χ0n) is 8.85. The van der Waals surface area contributed by atoms with Crippen molar-refractivity contribution in [3.63, 3.8) is 0 Å². The smallest absolute Gasteiger partial charge is 0.347 e. The molecule has 0 atom stereocenters. The van der Waals surface area contributed by atoms with Crippen LogP contribution in [0, 0.1) is 10.1 Å². The van der Waals surface area contributed by atoms with E-state index in [1.54, 1.807) is 0 Å². The van der Waals surface area contributed by atoms with Crippen LogP contribution in [0.5, 0.6) is 0 Å². The van der Waals surface area contributed by atoms with Gasteiger partial charge in [-0.2, -0.15) is 0 Å². The molecule has 0 aromatic carbocycles. The molecule has 8 heteroatoms.